The molecule has 0 bridgehead atoms. The monoisotopic (exact) mass is 317 g/mol. The summed E-state index contributed by atoms with van der Waals surface area (Å²) in [4.78, 5) is 12.0. The minimum Gasteiger partial charge on any atom is -0.396 e. The zero-order valence-electron chi connectivity index (χ0n) is 10.8. The summed E-state index contributed by atoms with van der Waals surface area (Å²) in [6.45, 7) is 5.61. The molecule has 0 saturated carbocycles. The van der Waals surface area contributed by atoms with Crippen LogP contribution in [0.25, 0.3) is 0 Å². The summed E-state index contributed by atoms with van der Waals surface area (Å²) in [7, 11) is 0. The van der Waals surface area contributed by atoms with Gasteiger partial charge in [0.15, 0.2) is 0 Å². The third-order valence-electron chi connectivity index (χ3n) is 2.42. The van der Waals surface area contributed by atoms with Gasteiger partial charge in [-0.1, -0.05) is 13.8 Å². The Morgan fingerprint density at radius 1 is 1.50 bits per heavy atom. The lowest BCUT2D eigenvalue weighted by atomic mass is 10.2. The highest BCUT2D eigenvalue weighted by molar-refractivity contribution is 9.10. The van der Waals surface area contributed by atoms with Crippen LogP contribution in [0.2, 0.25) is 0 Å². The van der Waals surface area contributed by atoms with Gasteiger partial charge in [0.2, 0.25) is 0 Å². The predicted octanol–water partition coefficient (Wildman–Crippen LogP) is 1.85. The second kappa shape index (κ2) is 7.53. The van der Waals surface area contributed by atoms with Gasteiger partial charge in [-0.15, -0.1) is 0 Å². The number of unbranched alkanes of at least 4 members (excludes halogenated alkanes) is 1. The van der Waals surface area contributed by atoms with E-state index in [4.69, 9.17) is 5.11 Å². The third-order valence-corrected chi connectivity index (χ3v) is 3.19. The number of rotatable bonds is 7. The van der Waals surface area contributed by atoms with Crippen molar-refractivity contribution in [3.05, 3.63) is 21.0 Å². The molecule has 0 aliphatic carbocycles. The van der Waals surface area contributed by atoms with Crippen molar-refractivity contribution in [3.63, 3.8) is 0 Å². The van der Waals surface area contributed by atoms with Crippen LogP contribution in [0.5, 0.6) is 0 Å². The molecule has 5 nitrogen and oxygen atoms in total. The first-order valence-electron chi connectivity index (χ1n) is 6.16. The Kier molecular flexibility index (Phi) is 6.35. The van der Waals surface area contributed by atoms with Crippen molar-refractivity contribution >= 4 is 21.6 Å². The van der Waals surface area contributed by atoms with E-state index in [1.165, 1.54) is 4.68 Å². The highest BCUT2D eigenvalue weighted by Gasteiger charge is 2.09. The lowest BCUT2D eigenvalue weighted by Crippen LogP contribution is -2.26. The van der Waals surface area contributed by atoms with Crippen molar-refractivity contribution < 1.29 is 5.11 Å². The SMILES string of the molecule is CC(C)Cn1ncc(NCCCCO)c(Br)c1=O. The molecule has 0 spiro atoms. The smallest absolute Gasteiger partial charge is 0.283 e. The largest absolute Gasteiger partial charge is 0.396 e. The molecular formula is C12H20BrN3O2. The Morgan fingerprint density at radius 2 is 2.22 bits per heavy atom. The van der Waals surface area contributed by atoms with Gasteiger partial charge >= 0.3 is 0 Å². The normalized spacial score (nSPS) is 10.9. The summed E-state index contributed by atoms with van der Waals surface area (Å²) < 4.78 is 1.98. The van der Waals surface area contributed by atoms with Crippen molar-refractivity contribution in [2.45, 2.75) is 33.2 Å². The highest BCUT2D eigenvalue weighted by Crippen LogP contribution is 2.16. The summed E-state index contributed by atoms with van der Waals surface area (Å²) >= 11 is 3.30. The molecule has 0 fully saturated rings. The van der Waals surface area contributed by atoms with Gasteiger partial charge in [-0.3, -0.25) is 4.79 Å². The molecule has 1 rings (SSSR count). The number of aliphatic hydroxyl groups is 1. The zero-order chi connectivity index (χ0) is 13.5. The van der Waals surface area contributed by atoms with Crippen LogP contribution in [0.3, 0.4) is 0 Å². The fourth-order valence-electron chi connectivity index (χ4n) is 1.52. The Balaban J connectivity index is 2.72. The number of halogens is 1. The zero-order valence-corrected chi connectivity index (χ0v) is 12.4. The van der Waals surface area contributed by atoms with Gasteiger partial charge in [0.05, 0.1) is 11.9 Å². The first kappa shape index (κ1) is 15.2. The van der Waals surface area contributed by atoms with Crippen LogP contribution in [0.15, 0.2) is 15.5 Å². The molecule has 102 valence electrons. The fourth-order valence-corrected chi connectivity index (χ4v) is 1.97. The maximum atomic E-state index is 12.0. The first-order chi connectivity index (χ1) is 8.56. The minimum atomic E-state index is -0.115. The number of nitrogens with one attached hydrogen (secondary N) is 1. The van der Waals surface area contributed by atoms with Crippen LogP contribution < -0.4 is 10.9 Å². The highest BCUT2D eigenvalue weighted by atomic mass is 79.9. The molecule has 0 amide bonds. The fraction of sp³-hybridized carbons (Fsp3) is 0.667. The van der Waals surface area contributed by atoms with Crippen LogP contribution in [0, 0.1) is 5.92 Å². The van der Waals surface area contributed by atoms with Crippen LogP contribution in [0.1, 0.15) is 26.7 Å². The number of anilines is 1. The van der Waals surface area contributed by atoms with Gasteiger partial charge in [-0.2, -0.15) is 5.10 Å². The van der Waals surface area contributed by atoms with Crippen LogP contribution in [-0.4, -0.2) is 28.0 Å². The summed E-state index contributed by atoms with van der Waals surface area (Å²) in [6.07, 6.45) is 3.27. The van der Waals surface area contributed by atoms with Crippen molar-refractivity contribution in [1.29, 1.82) is 0 Å². The maximum Gasteiger partial charge on any atom is 0.283 e. The number of hydrogen-bond acceptors (Lipinski definition) is 4. The maximum absolute atomic E-state index is 12.0. The lowest BCUT2D eigenvalue weighted by molar-refractivity contribution is 0.286. The lowest BCUT2D eigenvalue weighted by Gasteiger charge is -2.11. The molecule has 18 heavy (non-hydrogen) atoms. The van der Waals surface area contributed by atoms with Crippen molar-refractivity contribution in [2.24, 2.45) is 5.92 Å². The summed E-state index contributed by atoms with van der Waals surface area (Å²) in [5, 5.41) is 16.0. The third kappa shape index (κ3) is 4.42. The number of hydrogen-bond donors (Lipinski definition) is 2. The van der Waals surface area contributed by atoms with E-state index in [2.05, 4.69) is 26.3 Å². The molecule has 2 N–H and O–H groups in total. The van der Waals surface area contributed by atoms with E-state index >= 15 is 0 Å². The second-order valence-electron chi connectivity index (χ2n) is 4.61. The van der Waals surface area contributed by atoms with Crippen molar-refractivity contribution in [2.75, 3.05) is 18.5 Å². The van der Waals surface area contributed by atoms with E-state index in [9.17, 15) is 4.79 Å². The summed E-state index contributed by atoms with van der Waals surface area (Å²) in [5.41, 5.74) is 0.591. The topological polar surface area (TPSA) is 67.2 Å². The molecule has 0 atom stereocenters. The van der Waals surface area contributed by atoms with Gasteiger partial charge in [-0.25, -0.2) is 4.68 Å². The van der Waals surface area contributed by atoms with Crippen molar-refractivity contribution in [1.82, 2.24) is 9.78 Å². The van der Waals surface area contributed by atoms with E-state index in [1.54, 1.807) is 6.20 Å². The molecule has 6 heteroatoms. The van der Waals surface area contributed by atoms with Gasteiger partial charge in [0, 0.05) is 19.7 Å². The van der Waals surface area contributed by atoms with Gasteiger partial charge in [0.1, 0.15) is 4.47 Å². The van der Waals surface area contributed by atoms with Gasteiger partial charge < -0.3 is 10.4 Å². The van der Waals surface area contributed by atoms with Crippen LogP contribution in [0.4, 0.5) is 5.69 Å². The van der Waals surface area contributed by atoms with E-state index < -0.39 is 0 Å². The minimum absolute atomic E-state index is 0.115. The number of aliphatic hydroxyl groups excluding tert-OH is 1. The number of aromatic nitrogens is 2. The first-order valence-corrected chi connectivity index (χ1v) is 6.96. The van der Waals surface area contributed by atoms with Gasteiger partial charge in [-0.05, 0) is 34.7 Å². The van der Waals surface area contributed by atoms with E-state index in [1.807, 2.05) is 13.8 Å². The van der Waals surface area contributed by atoms with Gasteiger partial charge in [0.25, 0.3) is 5.56 Å². The molecule has 0 unspecified atom stereocenters. The van der Waals surface area contributed by atoms with Crippen LogP contribution >= 0.6 is 15.9 Å². The molecule has 1 aromatic rings. The van der Waals surface area contributed by atoms with E-state index in [-0.39, 0.29) is 12.2 Å². The molecule has 0 saturated heterocycles. The summed E-state index contributed by atoms with van der Waals surface area (Å²) in [6, 6.07) is 0. The summed E-state index contributed by atoms with van der Waals surface area (Å²) in [5.74, 6) is 0.380. The van der Waals surface area contributed by atoms with Crippen molar-refractivity contribution in [3.8, 4) is 0 Å². The second-order valence-corrected chi connectivity index (χ2v) is 5.40. The van der Waals surface area contributed by atoms with E-state index in [0.717, 1.165) is 12.8 Å². The number of nitrogens with zero attached hydrogens (tertiary/aromatic N) is 2. The molecule has 0 aromatic carbocycles. The molecule has 0 aliphatic heterocycles. The quantitative estimate of drug-likeness (QED) is 0.753. The Labute approximate surface area is 115 Å². The molecule has 1 heterocycles. The average Bonchev–Trinajstić information content (AvgIpc) is 2.32. The Morgan fingerprint density at radius 3 is 2.83 bits per heavy atom. The van der Waals surface area contributed by atoms with Crippen LogP contribution in [-0.2, 0) is 6.54 Å². The molecule has 1 aromatic heterocycles. The standard InChI is InChI=1S/C12H20BrN3O2/c1-9(2)8-16-12(18)11(13)10(7-15-16)14-5-3-4-6-17/h7,9,14,17H,3-6,8H2,1-2H3. The molecule has 0 radical (unpaired) electrons. The Hall–Kier alpha value is -0.880. The van der Waals surface area contributed by atoms with E-state index in [0.29, 0.717) is 29.2 Å². The Bertz CT molecular complexity index is 432. The predicted molar refractivity (Wildman–Crippen MR) is 75.8 cm³/mol. The average molecular weight is 318 g/mol. The molecular weight excluding hydrogens is 298 g/mol. The molecule has 0 aliphatic rings.